The number of fused-ring (bicyclic) bond motifs is 1. The minimum Gasteiger partial charge on any atom is -0.479 e. The quantitative estimate of drug-likeness (QED) is 0.937. The molecule has 0 bridgehead atoms. The summed E-state index contributed by atoms with van der Waals surface area (Å²) in [6, 6.07) is 5.25. The number of methoxy groups -OCH3 is 1. The first-order chi connectivity index (χ1) is 9.83. The second-order valence-corrected chi connectivity index (χ2v) is 7.07. The van der Waals surface area contributed by atoms with Crippen molar-refractivity contribution < 1.29 is 8.95 Å². The molecule has 0 unspecified atom stereocenters. The van der Waals surface area contributed by atoms with E-state index in [0.717, 1.165) is 0 Å². The standard InChI is InChI=1S/C14H16ClN3O2S/c1-14(2,21(16)19)7-6-11-13(20-3)18-10-5-4-9(15)8-12(10)17-11/h4-8H,16H2,1-3H3/b7-6+/t21-/m0/s1. The van der Waals surface area contributed by atoms with Crippen molar-refractivity contribution in [3.63, 3.8) is 0 Å². The molecule has 7 heteroatoms. The van der Waals surface area contributed by atoms with E-state index >= 15 is 0 Å². The fourth-order valence-corrected chi connectivity index (χ4v) is 2.00. The van der Waals surface area contributed by atoms with Crippen molar-refractivity contribution >= 4 is 39.7 Å². The van der Waals surface area contributed by atoms with Crippen molar-refractivity contribution in [2.24, 2.45) is 5.14 Å². The van der Waals surface area contributed by atoms with Crippen LogP contribution in [0.25, 0.3) is 17.1 Å². The Labute approximate surface area is 130 Å². The summed E-state index contributed by atoms with van der Waals surface area (Å²) in [6.07, 6.45) is 3.43. The van der Waals surface area contributed by atoms with E-state index in [4.69, 9.17) is 21.5 Å². The van der Waals surface area contributed by atoms with Crippen LogP contribution in [0.3, 0.4) is 0 Å². The summed E-state index contributed by atoms with van der Waals surface area (Å²) in [6.45, 7) is 3.55. The first-order valence-electron chi connectivity index (χ1n) is 6.20. The Bertz CT molecular complexity index is 731. The SMILES string of the molecule is COc1nc2ccc(Cl)cc2nc1/C=C/C(C)(C)[S@@](N)=O. The molecule has 0 saturated carbocycles. The number of nitrogens with zero attached hydrogens (tertiary/aromatic N) is 2. The molecule has 2 N–H and O–H groups in total. The van der Waals surface area contributed by atoms with Gasteiger partial charge in [0.15, 0.2) is 0 Å². The van der Waals surface area contributed by atoms with E-state index in [1.165, 1.54) is 7.11 Å². The van der Waals surface area contributed by atoms with E-state index in [1.807, 2.05) is 0 Å². The summed E-state index contributed by atoms with van der Waals surface area (Å²) in [4.78, 5) is 8.85. The molecule has 2 rings (SSSR count). The summed E-state index contributed by atoms with van der Waals surface area (Å²) >= 11 is 5.96. The van der Waals surface area contributed by atoms with Crippen molar-refractivity contribution in [2.45, 2.75) is 18.6 Å². The van der Waals surface area contributed by atoms with Gasteiger partial charge in [-0.1, -0.05) is 17.7 Å². The van der Waals surface area contributed by atoms with E-state index in [0.29, 0.717) is 27.6 Å². The lowest BCUT2D eigenvalue weighted by molar-refractivity contribution is 0.396. The average molecular weight is 326 g/mol. The van der Waals surface area contributed by atoms with Crippen LogP contribution in [0.1, 0.15) is 19.5 Å². The third-order valence-electron chi connectivity index (χ3n) is 2.97. The number of ether oxygens (including phenoxy) is 1. The number of hydrogen-bond donors (Lipinski definition) is 1. The van der Waals surface area contributed by atoms with Gasteiger partial charge < -0.3 is 4.74 Å². The van der Waals surface area contributed by atoms with Crippen LogP contribution in [0.4, 0.5) is 0 Å². The number of benzene rings is 1. The van der Waals surface area contributed by atoms with Gasteiger partial charge >= 0.3 is 0 Å². The van der Waals surface area contributed by atoms with Gasteiger partial charge in [0, 0.05) is 5.02 Å². The number of rotatable bonds is 4. The molecular formula is C14H16ClN3O2S. The Morgan fingerprint density at radius 2 is 2.05 bits per heavy atom. The zero-order chi connectivity index (χ0) is 15.6. The van der Waals surface area contributed by atoms with E-state index in [1.54, 1.807) is 44.2 Å². The first-order valence-corrected chi connectivity index (χ1v) is 7.79. The van der Waals surface area contributed by atoms with Crippen LogP contribution >= 0.6 is 11.6 Å². The van der Waals surface area contributed by atoms with Crippen LogP contribution in [0.5, 0.6) is 5.88 Å². The predicted octanol–water partition coefficient (Wildman–Crippen LogP) is 2.71. The molecule has 0 radical (unpaired) electrons. The number of halogens is 1. The van der Waals surface area contributed by atoms with Gasteiger partial charge in [-0.2, -0.15) is 0 Å². The van der Waals surface area contributed by atoms with Gasteiger partial charge in [0.05, 0.1) is 33.9 Å². The minimum atomic E-state index is -1.49. The highest BCUT2D eigenvalue weighted by Gasteiger charge is 2.20. The minimum absolute atomic E-state index is 0.389. The summed E-state index contributed by atoms with van der Waals surface area (Å²) in [5.41, 5.74) is 1.88. The molecule has 21 heavy (non-hydrogen) atoms. The van der Waals surface area contributed by atoms with Gasteiger partial charge in [-0.3, -0.25) is 5.14 Å². The summed E-state index contributed by atoms with van der Waals surface area (Å²) < 4.78 is 16.0. The molecule has 0 aliphatic carbocycles. The molecule has 0 amide bonds. The monoisotopic (exact) mass is 325 g/mol. The Balaban J connectivity index is 2.52. The fraction of sp³-hybridized carbons (Fsp3) is 0.286. The van der Waals surface area contributed by atoms with Crippen LogP contribution in [-0.2, 0) is 11.0 Å². The van der Waals surface area contributed by atoms with Crippen molar-refractivity contribution in [2.75, 3.05) is 7.11 Å². The lowest BCUT2D eigenvalue weighted by Crippen LogP contribution is -2.29. The normalized spacial score (nSPS) is 13.8. The molecule has 0 aliphatic heterocycles. The average Bonchev–Trinajstić information content (AvgIpc) is 2.43. The lowest BCUT2D eigenvalue weighted by atomic mass is 10.2. The molecule has 0 aliphatic rings. The number of hydrogen-bond acceptors (Lipinski definition) is 4. The lowest BCUT2D eigenvalue weighted by Gasteiger charge is -2.15. The molecule has 1 aromatic carbocycles. The summed E-state index contributed by atoms with van der Waals surface area (Å²) in [5.74, 6) is 0.389. The van der Waals surface area contributed by atoms with E-state index in [2.05, 4.69) is 9.97 Å². The van der Waals surface area contributed by atoms with Crippen molar-refractivity contribution in [3.05, 3.63) is 35.0 Å². The van der Waals surface area contributed by atoms with Crippen LogP contribution in [-0.4, -0.2) is 26.0 Å². The van der Waals surface area contributed by atoms with Crippen LogP contribution in [0.2, 0.25) is 5.02 Å². The molecule has 1 heterocycles. The zero-order valence-electron chi connectivity index (χ0n) is 12.0. The molecule has 5 nitrogen and oxygen atoms in total. The smallest absolute Gasteiger partial charge is 0.240 e. The molecule has 0 saturated heterocycles. The second-order valence-electron chi connectivity index (χ2n) is 4.99. The van der Waals surface area contributed by atoms with Gasteiger partial charge in [0.2, 0.25) is 5.88 Å². The van der Waals surface area contributed by atoms with Gasteiger partial charge in [0.25, 0.3) is 0 Å². The van der Waals surface area contributed by atoms with Crippen molar-refractivity contribution in [1.29, 1.82) is 0 Å². The topological polar surface area (TPSA) is 78.1 Å². The highest BCUT2D eigenvalue weighted by atomic mass is 35.5. The molecule has 1 atom stereocenters. The first kappa shape index (κ1) is 15.9. The third kappa shape index (κ3) is 3.58. The van der Waals surface area contributed by atoms with Gasteiger partial charge in [-0.15, -0.1) is 0 Å². The van der Waals surface area contributed by atoms with Crippen molar-refractivity contribution in [3.8, 4) is 5.88 Å². The molecule has 112 valence electrons. The Morgan fingerprint density at radius 3 is 2.67 bits per heavy atom. The van der Waals surface area contributed by atoms with Gasteiger partial charge in [0.1, 0.15) is 5.69 Å². The largest absolute Gasteiger partial charge is 0.479 e. The Morgan fingerprint density at radius 1 is 1.33 bits per heavy atom. The van der Waals surface area contributed by atoms with E-state index < -0.39 is 15.7 Å². The number of nitrogens with two attached hydrogens (primary N) is 1. The summed E-state index contributed by atoms with van der Waals surface area (Å²) in [5, 5.41) is 6.04. The fourth-order valence-electron chi connectivity index (χ4n) is 1.63. The Hall–Kier alpha value is -1.50. The van der Waals surface area contributed by atoms with E-state index in [-0.39, 0.29) is 0 Å². The highest BCUT2D eigenvalue weighted by Crippen LogP contribution is 2.23. The molecule has 0 fully saturated rings. The van der Waals surface area contributed by atoms with Crippen LogP contribution in [0, 0.1) is 0 Å². The van der Waals surface area contributed by atoms with Gasteiger partial charge in [-0.05, 0) is 38.1 Å². The third-order valence-corrected chi connectivity index (χ3v) is 4.38. The maximum Gasteiger partial charge on any atom is 0.240 e. The van der Waals surface area contributed by atoms with Crippen LogP contribution in [0.15, 0.2) is 24.3 Å². The van der Waals surface area contributed by atoms with Gasteiger partial charge in [-0.25, -0.2) is 14.2 Å². The summed E-state index contributed by atoms with van der Waals surface area (Å²) in [7, 11) is 0.0373. The molecular weight excluding hydrogens is 310 g/mol. The second kappa shape index (κ2) is 6.09. The molecule has 0 spiro atoms. The highest BCUT2D eigenvalue weighted by molar-refractivity contribution is 7.84. The molecule has 1 aromatic heterocycles. The maximum atomic E-state index is 11.5. The predicted molar refractivity (Wildman–Crippen MR) is 86.5 cm³/mol. The van der Waals surface area contributed by atoms with Crippen LogP contribution < -0.4 is 9.88 Å². The van der Waals surface area contributed by atoms with E-state index in [9.17, 15) is 4.21 Å². The Kier molecular flexibility index (Phi) is 4.61. The maximum absolute atomic E-state index is 11.5. The van der Waals surface area contributed by atoms with Crippen molar-refractivity contribution in [1.82, 2.24) is 9.97 Å². The molecule has 2 aromatic rings. The zero-order valence-corrected chi connectivity index (χ0v) is 13.5. The number of aromatic nitrogens is 2.